The van der Waals surface area contributed by atoms with E-state index in [-0.39, 0.29) is 23.0 Å². The minimum atomic E-state index is -0.372. The first-order chi connectivity index (χ1) is 15.5. The van der Waals surface area contributed by atoms with Gasteiger partial charge in [-0.15, -0.1) is 0 Å². The number of fused-ring (bicyclic) bond motifs is 1. The molecule has 4 aromatic rings. The number of carbonyl (C=O) groups excluding carboxylic acids is 1. The highest BCUT2D eigenvalue weighted by Crippen LogP contribution is 2.22. The van der Waals surface area contributed by atoms with E-state index >= 15 is 0 Å². The van der Waals surface area contributed by atoms with Gasteiger partial charge in [0.1, 0.15) is 5.75 Å². The average Bonchev–Trinajstić information content (AvgIpc) is 2.80. The van der Waals surface area contributed by atoms with Crippen LogP contribution < -0.4 is 11.0 Å². The molecule has 0 atom stereocenters. The Morgan fingerprint density at radius 3 is 2.69 bits per heavy atom. The number of nitrogens with one attached hydrogen (secondary N) is 1. The van der Waals surface area contributed by atoms with Gasteiger partial charge in [-0.05, 0) is 42.5 Å². The van der Waals surface area contributed by atoms with Gasteiger partial charge in [0.15, 0.2) is 5.16 Å². The number of aromatic hydroxyl groups is 1. The standard InChI is InChI=1S/C23H17BrN4O3S/c24-16-10-11-20(29)15(12-16)13-25-27-21(30)14-32-23-26-19-9-5-4-8-18(19)22(31)28(23)17-6-2-1-3-7-17/h1-13,29H,14H2,(H,27,30)/b25-13-. The van der Waals surface area contributed by atoms with Crippen LogP contribution in [-0.2, 0) is 4.79 Å². The zero-order valence-corrected chi connectivity index (χ0v) is 19.0. The molecule has 0 saturated heterocycles. The van der Waals surface area contributed by atoms with E-state index in [1.54, 1.807) is 30.3 Å². The van der Waals surface area contributed by atoms with Crippen LogP contribution in [-0.4, -0.2) is 32.5 Å². The summed E-state index contributed by atoms with van der Waals surface area (Å²) in [6.07, 6.45) is 1.36. The number of amides is 1. The van der Waals surface area contributed by atoms with Crippen molar-refractivity contribution in [2.45, 2.75) is 5.16 Å². The van der Waals surface area contributed by atoms with E-state index in [4.69, 9.17) is 0 Å². The van der Waals surface area contributed by atoms with Crippen molar-refractivity contribution in [2.24, 2.45) is 5.10 Å². The highest BCUT2D eigenvalue weighted by atomic mass is 79.9. The van der Waals surface area contributed by atoms with Crippen molar-refractivity contribution in [1.29, 1.82) is 0 Å². The third kappa shape index (κ3) is 4.90. The molecule has 0 aliphatic heterocycles. The highest BCUT2D eigenvalue weighted by molar-refractivity contribution is 9.10. The quantitative estimate of drug-likeness (QED) is 0.177. The number of phenolic OH excluding ortho intramolecular Hbond substituents is 1. The fourth-order valence-corrected chi connectivity index (χ4v) is 4.16. The Kier molecular flexibility index (Phi) is 6.67. The molecular weight excluding hydrogens is 492 g/mol. The maximum absolute atomic E-state index is 13.1. The normalized spacial score (nSPS) is 11.2. The summed E-state index contributed by atoms with van der Waals surface area (Å²) in [5.41, 5.74) is 3.92. The number of thioether (sulfide) groups is 1. The van der Waals surface area contributed by atoms with Crippen LogP contribution in [0.15, 0.2) is 92.3 Å². The van der Waals surface area contributed by atoms with Crippen molar-refractivity contribution in [1.82, 2.24) is 15.0 Å². The summed E-state index contributed by atoms with van der Waals surface area (Å²) in [5, 5.41) is 14.6. The van der Waals surface area contributed by atoms with Crippen molar-refractivity contribution >= 4 is 50.7 Å². The Morgan fingerprint density at radius 1 is 1.12 bits per heavy atom. The van der Waals surface area contributed by atoms with E-state index < -0.39 is 0 Å². The van der Waals surface area contributed by atoms with Crippen LogP contribution in [0, 0.1) is 0 Å². The molecule has 3 aromatic carbocycles. The first kappa shape index (κ1) is 21.8. The Bertz CT molecular complexity index is 1370. The van der Waals surface area contributed by atoms with E-state index in [2.05, 4.69) is 31.4 Å². The Hall–Kier alpha value is -3.43. The van der Waals surface area contributed by atoms with Gasteiger partial charge in [0, 0.05) is 10.0 Å². The molecule has 0 aliphatic rings. The minimum Gasteiger partial charge on any atom is -0.507 e. The van der Waals surface area contributed by atoms with Crippen LogP contribution in [0.3, 0.4) is 0 Å². The molecule has 1 heterocycles. The summed E-state index contributed by atoms with van der Waals surface area (Å²) in [7, 11) is 0. The highest BCUT2D eigenvalue weighted by Gasteiger charge is 2.14. The minimum absolute atomic E-state index is 0.000575. The fourth-order valence-electron chi connectivity index (χ4n) is 2.98. The molecule has 0 bridgehead atoms. The molecule has 2 N–H and O–H groups in total. The number of phenols is 1. The van der Waals surface area contributed by atoms with E-state index in [9.17, 15) is 14.7 Å². The molecule has 4 rings (SSSR count). The molecule has 0 radical (unpaired) electrons. The second kappa shape index (κ2) is 9.80. The Balaban J connectivity index is 1.55. The topological polar surface area (TPSA) is 96.6 Å². The molecule has 0 aliphatic carbocycles. The van der Waals surface area contributed by atoms with Crippen LogP contribution in [0.4, 0.5) is 0 Å². The van der Waals surface area contributed by atoms with Crippen molar-refractivity contribution < 1.29 is 9.90 Å². The molecule has 0 saturated carbocycles. The monoisotopic (exact) mass is 508 g/mol. The lowest BCUT2D eigenvalue weighted by molar-refractivity contribution is -0.118. The number of hydrogen-bond donors (Lipinski definition) is 2. The van der Waals surface area contributed by atoms with Crippen molar-refractivity contribution in [3.63, 3.8) is 0 Å². The van der Waals surface area contributed by atoms with Crippen molar-refractivity contribution in [2.75, 3.05) is 5.75 Å². The Labute approximate surface area is 195 Å². The van der Waals surface area contributed by atoms with E-state index in [1.165, 1.54) is 16.8 Å². The predicted octanol–water partition coefficient (Wildman–Crippen LogP) is 4.10. The molecule has 9 heteroatoms. The summed E-state index contributed by atoms with van der Waals surface area (Å²) in [6.45, 7) is 0. The molecule has 0 unspecified atom stereocenters. The zero-order chi connectivity index (χ0) is 22.5. The van der Waals surface area contributed by atoms with E-state index in [0.717, 1.165) is 16.2 Å². The molecule has 1 aromatic heterocycles. The average molecular weight is 509 g/mol. The smallest absolute Gasteiger partial charge is 0.266 e. The summed E-state index contributed by atoms with van der Waals surface area (Å²) < 4.78 is 2.28. The number of hydrazone groups is 1. The molecule has 1 amide bonds. The molecule has 32 heavy (non-hydrogen) atoms. The van der Waals surface area contributed by atoms with Crippen molar-refractivity contribution in [3.05, 3.63) is 93.2 Å². The summed E-state index contributed by atoms with van der Waals surface area (Å²) in [4.78, 5) is 30.1. The zero-order valence-electron chi connectivity index (χ0n) is 16.6. The largest absolute Gasteiger partial charge is 0.507 e. The molecule has 0 fully saturated rings. The summed E-state index contributed by atoms with van der Waals surface area (Å²) >= 11 is 4.46. The maximum atomic E-state index is 13.1. The number of benzene rings is 3. The lowest BCUT2D eigenvalue weighted by Gasteiger charge is -2.12. The van der Waals surface area contributed by atoms with Crippen LogP contribution in [0.25, 0.3) is 16.6 Å². The number of nitrogens with zero attached hydrogens (tertiary/aromatic N) is 3. The van der Waals surface area contributed by atoms with Gasteiger partial charge in [0.2, 0.25) is 0 Å². The first-order valence-electron chi connectivity index (χ1n) is 9.53. The Morgan fingerprint density at radius 2 is 1.88 bits per heavy atom. The summed E-state index contributed by atoms with van der Waals surface area (Å²) in [5.74, 6) is -0.324. The van der Waals surface area contributed by atoms with Gasteiger partial charge in [-0.3, -0.25) is 14.2 Å². The second-order valence-electron chi connectivity index (χ2n) is 6.67. The van der Waals surface area contributed by atoms with E-state index in [0.29, 0.717) is 27.3 Å². The van der Waals surface area contributed by atoms with Gasteiger partial charge >= 0.3 is 0 Å². The SMILES string of the molecule is O=C(CSc1nc2ccccc2c(=O)n1-c1ccccc1)N/N=C\c1cc(Br)ccc1O. The summed E-state index contributed by atoms with van der Waals surface area (Å²) in [6, 6.07) is 21.2. The van der Waals surface area contributed by atoms with Crippen LogP contribution in [0.1, 0.15) is 5.56 Å². The number of hydrogen-bond acceptors (Lipinski definition) is 6. The molecule has 0 spiro atoms. The van der Waals surface area contributed by atoms with Gasteiger partial charge in [0.25, 0.3) is 11.5 Å². The van der Waals surface area contributed by atoms with Gasteiger partial charge in [0.05, 0.1) is 28.6 Å². The lowest BCUT2D eigenvalue weighted by atomic mass is 10.2. The number of rotatable bonds is 6. The maximum Gasteiger partial charge on any atom is 0.266 e. The number of carbonyl (C=O) groups is 1. The van der Waals surface area contributed by atoms with Crippen molar-refractivity contribution in [3.8, 4) is 11.4 Å². The van der Waals surface area contributed by atoms with Crippen LogP contribution in [0.2, 0.25) is 0 Å². The fraction of sp³-hybridized carbons (Fsp3) is 0.0435. The molecule has 7 nitrogen and oxygen atoms in total. The van der Waals surface area contributed by atoms with Crippen LogP contribution in [0.5, 0.6) is 5.75 Å². The van der Waals surface area contributed by atoms with Gasteiger partial charge in [-0.2, -0.15) is 5.10 Å². The van der Waals surface area contributed by atoms with Gasteiger partial charge in [-0.25, -0.2) is 10.4 Å². The van der Waals surface area contributed by atoms with Crippen LogP contribution >= 0.6 is 27.7 Å². The third-order valence-corrected chi connectivity index (χ3v) is 5.91. The van der Waals surface area contributed by atoms with E-state index in [1.807, 2.05) is 36.4 Å². The second-order valence-corrected chi connectivity index (χ2v) is 8.53. The number of aromatic nitrogens is 2. The number of para-hydroxylation sites is 2. The first-order valence-corrected chi connectivity index (χ1v) is 11.3. The lowest BCUT2D eigenvalue weighted by Crippen LogP contribution is -2.24. The number of halogens is 1. The molecular formula is C23H17BrN4O3S. The van der Waals surface area contributed by atoms with Gasteiger partial charge in [-0.1, -0.05) is 58.0 Å². The molecule has 160 valence electrons. The van der Waals surface area contributed by atoms with Gasteiger partial charge < -0.3 is 5.11 Å². The predicted molar refractivity (Wildman–Crippen MR) is 130 cm³/mol. The third-order valence-electron chi connectivity index (χ3n) is 4.47.